The zero-order valence-corrected chi connectivity index (χ0v) is 31.5. The lowest BCUT2D eigenvalue weighted by Gasteiger charge is -2.15. The number of azo groups is 1. The third-order valence-electron chi connectivity index (χ3n) is 6.85. The molecular formula is C28H21Cl2N7O14S4. The van der Waals surface area contributed by atoms with Crippen molar-refractivity contribution in [2.24, 2.45) is 10.2 Å². The standard InChI is InChI=1S/C28H21Cl2N7O14S4/c29-26-33-27(30)35-28(34-26)32-20-9-8-18-19(24(20)54(43,44)45)13-21(52-51-50-40)22(23(18)38)37-36-15-6-4-14(5-7-15)25(39)31-16-2-1-3-17(12-16)53(41,42)11-10-49-55(46,47)48/h1-9,12-13,38,40H,10-11H2,(H,31,39)(H,43,44,45)(H,46,47,48)(H,32,33,34,35)/b37-36+. The maximum atomic E-state index is 12.9. The Kier molecular flexibility index (Phi) is 12.8. The van der Waals surface area contributed by atoms with Crippen molar-refractivity contribution in [1.29, 1.82) is 0 Å². The number of phenols is 1. The smallest absolute Gasteiger partial charge is 0.397 e. The third-order valence-corrected chi connectivity index (χ3v) is 10.9. The first-order valence-corrected chi connectivity index (χ1v) is 20.4. The average Bonchev–Trinajstić information content (AvgIpc) is 3.09. The molecule has 0 atom stereocenters. The van der Waals surface area contributed by atoms with Gasteiger partial charge in [-0.1, -0.05) is 11.1 Å². The Balaban J connectivity index is 1.40. The highest BCUT2D eigenvalue weighted by Gasteiger charge is 2.25. The summed E-state index contributed by atoms with van der Waals surface area (Å²) in [6, 6.07) is 14.1. The summed E-state index contributed by atoms with van der Waals surface area (Å²) in [5, 5.41) is 35.7. The second-order valence-electron chi connectivity index (χ2n) is 10.4. The van der Waals surface area contributed by atoms with Crippen LogP contribution in [0, 0.1) is 0 Å². The molecule has 0 aliphatic heterocycles. The molecule has 5 rings (SSSR count). The van der Waals surface area contributed by atoms with E-state index in [2.05, 4.69) is 49.4 Å². The van der Waals surface area contributed by atoms with Crippen LogP contribution in [0.5, 0.6) is 5.75 Å². The van der Waals surface area contributed by atoms with Gasteiger partial charge in [0.1, 0.15) is 10.6 Å². The zero-order chi connectivity index (χ0) is 40.1. The van der Waals surface area contributed by atoms with E-state index in [1.807, 2.05) is 0 Å². The predicted molar refractivity (Wildman–Crippen MR) is 194 cm³/mol. The van der Waals surface area contributed by atoms with Crippen LogP contribution in [0.4, 0.5) is 28.7 Å². The lowest BCUT2D eigenvalue weighted by molar-refractivity contribution is -0.432. The van der Waals surface area contributed by atoms with Gasteiger partial charge in [-0.15, -0.1) is 9.45 Å². The predicted octanol–water partition coefficient (Wildman–Crippen LogP) is 5.72. The van der Waals surface area contributed by atoms with Gasteiger partial charge in [0.15, 0.2) is 15.6 Å². The number of rotatable bonds is 15. The maximum Gasteiger partial charge on any atom is 0.397 e. The van der Waals surface area contributed by atoms with E-state index in [1.165, 1.54) is 54.6 Å². The van der Waals surface area contributed by atoms with Crippen molar-refractivity contribution >= 4 is 111 Å². The van der Waals surface area contributed by atoms with Gasteiger partial charge >= 0.3 is 10.4 Å². The molecule has 1 amide bonds. The summed E-state index contributed by atoms with van der Waals surface area (Å²) in [6.07, 6.45) is 0. The third kappa shape index (κ3) is 10.8. The molecule has 0 aliphatic carbocycles. The number of aromatic hydroxyl groups is 1. The number of halogens is 2. The summed E-state index contributed by atoms with van der Waals surface area (Å²) >= 11 is 11.9. The van der Waals surface area contributed by atoms with Crippen molar-refractivity contribution in [2.45, 2.75) is 14.7 Å². The SMILES string of the molecule is O=C(Nc1cccc(S(=O)(=O)CCOS(=O)(=O)O)c1)c1ccc(/N=N/c2c(SOOO)cc3c(S(=O)(=O)O)c(Nc4nc(Cl)nc(Cl)n4)ccc3c2O)cc1. The summed E-state index contributed by atoms with van der Waals surface area (Å²) < 4.78 is 99.2. The van der Waals surface area contributed by atoms with E-state index in [1.54, 1.807) is 0 Å². The zero-order valence-electron chi connectivity index (χ0n) is 26.8. The highest BCUT2D eigenvalue weighted by molar-refractivity contribution is 7.94. The first-order chi connectivity index (χ1) is 25.8. The molecule has 0 spiro atoms. The summed E-state index contributed by atoms with van der Waals surface area (Å²) in [5.41, 5.74) is -0.275. The van der Waals surface area contributed by atoms with Crippen LogP contribution in [-0.4, -0.2) is 77.9 Å². The van der Waals surface area contributed by atoms with Gasteiger partial charge in [0, 0.05) is 22.0 Å². The molecule has 4 aromatic carbocycles. The number of hydrogen-bond acceptors (Lipinski definition) is 19. The fraction of sp³-hybridized carbons (Fsp3) is 0.0714. The molecule has 6 N–H and O–H groups in total. The lowest BCUT2D eigenvalue weighted by Crippen LogP contribution is -2.16. The number of nitrogens with zero attached hydrogens (tertiary/aromatic N) is 5. The van der Waals surface area contributed by atoms with Gasteiger partial charge in [0.2, 0.25) is 16.5 Å². The van der Waals surface area contributed by atoms with Crippen molar-refractivity contribution in [3.63, 3.8) is 0 Å². The van der Waals surface area contributed by atoms with Crippen molar-refractivity contribution < 1.29 is 63.1 Å². The van der Waals surface area contributed by atoms with Crippen LogP contribution in [0.1, 0.15) is 10.4 Å². The van der Waals surface area contributed by atoms with E-state index in [9.17, 15) is 39.7 Å². The van der Waals surface area contributed by atoms with Gasteiger partial charge in [0.05, 0.1) is 45.6 Å². The Labute approximate surface area is 324 Å². The molecule has 0 radical (unpaired) electrons. The molecule has 0 fully saturated rings. The highest BCUT2D eigenvalue weighted by Crippen LogP contribution is 2.47. The lowest BCUT2D eigenvalue weighted by atomic mass is 10.1. The summed E-state index contributed by atoms with van der Waals surface area (Å²) in [4.78, 5) is 22.9. The van der Waals surface area contributed by atoms with Gasteiger partial charge in [-0.2, -0.15) is 36.9 Å². The minimum Gasteiger partial charge on any atom is -0.505 e. The Morgan fingerprint density at radius 2 is 1.56 bits per heavy atom. The van der Waals surface area contributed by atoms with Crippen molar-refractivity contribution in [1.82, 2.24) is 15.0 Å². The van der Waals surface area contributed by atoms with Crippen LogP contribution in [-0.2, 0) is 43.9 Å². The molecule has 27 heteroatoms. The van der Waals surface area contributed by atoms with Gasteiger partial charge in [0.25, 0.3) is 16.0 Å². The van der Waals surface area contributed by atoms with Gasteiger partial charge in [-0.3, -0.25) is 13.9 Å². The van der Waals surface area contributed by atoms with Crippen LogP contribution in [0.2, 0.25) is 10.6 Å². The van der Waals surface area contributed by atoms with Crippen LogP contribution in [0.3, 0.4) is 0 Å². The number of phenolic OH excluding ortho intramolecular Hbond substituents is 1. The number of amides is 1. The highest BCUT2D eigenvalue weighted by atomic mass is 35.5. The largest absolute Gasteiger partial charge is 0.505 e. The topological polar surface area (TPSA) is 316 Å². The van der Waals surface area contributed by atoms with Crippen molar-refractivity contribution in [3.05, 3.63) is 82.9 Å². The molecular weight excluding hydrogens is 858 g/mol. The molecule has 55 heavy (non-hydrogen) atoms. The molecule has 0 unspecified atom stereocenters. The fourth-order valence-electron chi connectivity index (χ4n) is 4.61. The van der Waals surface area contributed by atoms with Crippen LogP contribution in [0.25, 0.3) is 10.8 Å². The number of anilines is 3. The first kappa shape index (κ1) is 41.5. The Morgan fingerprint density at radius 1 is 0.873 bits per heavy atom. The van der Waals surface area contributed by atoms with Crippen molar-refractivity contribution in [2.75, 3.05) is 23.0 Å². The molecule has 290 valence electrons. The Hall–Kier alpha value is -4.64. The van der Waals surface area contributed by atoms with Crippen LogP contribution >= 0.6 is 35.2 Å². The van der Waals surface area contributed by atoms with Gasteiger partial charge in [-0.05, 0) is 83.9 Å². The number of fused-ring (bicyclic) bond motifs is 1. The van der Waals surface area contributed by atoms with E-state index in [0.717, 1.165) is 12.1 Å². The Morgan fingerprint density at radius 3 is 2.20 bits per heavy atom. The number of nitrogens with one attached hydrogen (secondary N) is 2. The number of sulfone groups is 1. The maximum absolute atomic E-state index is 12.9. The van der Waals surface area contributed by atoms with Gasteiger partial charge < -0.3 is 15.7 Å². The number of benzene rings is 4. The van der Waals surface area contributed by atoms with E-state index < -0.39 is 59.3 Å². The molecule has 0 saturated heterocycles. The first-order valence-electron chi connectivity index (χ1n) is 14.4. The van der Waals surface area contributed by atoms with E-state index in [0.29, 0.717) is 0 Å². The number of aromatic nitrogens is 3. The number of carbonyl (C=O) groups is 1. The quantitative estimate of drug-likeness (QED) is 0.0241. The van der Waals surface area contributed by atoms with Crippen molar-refractivity contribution in [3.8, 4) is 5.75 Å². The molecule has 1 heterocycles. The second kappa shape index (κ2) is 17.0. The average molecular weight is 879 g/mol. The molecule has 0 bridgehead atoms. The Bertz CT molecular complexity index is 2640. The second-order valence-corrected chi connectivity index (χ2v) is 16.4. The van der Waals surface area contributed by atoms with E-state index >= 15 is 0 Å². The molecule has 0 saturated carbocycles. The molecule has 0 aliphatic rings. The molecule has 5 aromatic rings. The van der Waals surface area contributed by atoms with Crippen LogP contribution in [0.15, 0.2) is 91.6 Å². The fourth-order valence-corrected chi connectivity index (χ4v) is 7.83. The summed E-state index contributed by atoms with van der Waals surface area (Å²) in [5.74, 6) is -2.38. The normalized spacial score (nSPS) is 12.3. The number of hydrogen-bond donors (Lipinski definition) is 6. The monoisotopic (exact) mass is 877 g/mol. The minimum atomic E-state index is -5.06. The van der Waals surface area contributed by atoms with Gasteiger partial charge in [-0.25, -0.2) is 17.9 Å². The molecule has 21 nitrogen and oxygen atoms in total. The molecule has 1 aromatic heterocycles. The number of carbonyl (C=O) groups excluding carboxylic acids is 1. The minimum absolute atomic E-state index is 0.0796. The van der Waals surface area contributed by atoms with E-state index in [-0.39, 0.29) is 77.4 Å². The summed E-state index contributed by atoms with van der Waals surface area (Å²) in [7, 11) is -14.0. The van der Waals surface area contributed by atoms with E-state index in [4.69, 9.17) is 33.0 Å². The summed E-state index contributed by atoms with van der Waals surface area (Å²) in [6.45, 7) is -0.836. The van der Waals surface area contributed by atoms with Crippen LogP contribution < -0.4 is 10.6 Å².